The summed E-state index contributed by atoms with van der Waals surface area (Å²) < 4.78 is 5.39. The molecule has 0 saturated heterocycles. The second-order valence-electron chi connectivity index (χ2n) is 5.10. The van der Waals surface area contributed by atoms with Gasteiger partial charge < -0.3 is 15.0 Å². The molecule has 0 fully saturated rings. The van der Waals surface area contributed by atoms with Crippen molar-refractivity contribution in [3.05, 3.63) is 59.4 Å². The number of amides is 1. The standard InChI is InChI=1S/C17H16ClN3O2/c18-13-2-4-14(5-3-13)23-10-17(22)19-8-7-12-1-6-15-16(9-12)21-11-20-15/h1-6,9,11H,7-8,10H2,(H,19,22)(H,20,21). The Hall–Kier alpha value is -2.53. The van der Waals surface area contributed by atoms with Gasteiger partial charge in [-0.25, -0.2) is 4.98 Å². The van der Waals surface area contributed by atoms with Crippen molar-refractivity contribution in [2.45, 2.75) is 6.42 Å². The Labute approximate surface area is 138 Å². The van der Waals surface area contributed by atoms with E-state index in [4.69, 9.17) is 16.3 Å². The molecule has 1 heterocycles. The Morgan fingerprint density at radius 2 is 2.04 bits per heavy atom. The first-order valence-corrected chi connectivity index (χ1v) is 7.65. The number of ether oxygens (including phenoxy) is 1. The number of benzene rings is 2. The largest absolute Gasteiger partial charge is 0.484 e. The summed E-state index contributed by atoms with van der Waals surface area (Å²) in [7, 11) is 0. The summed E-state index contributed by atoms with van der Waals surface area (Å²) in [5, 5.41) is 3.47. The highest BCUT2D eigenvalue weighted by Gasteiger charge is 2.03. The molecule has 0 atom stereocenters. The maximum atomic E-state index is 11.8. The van der Waals surface area contributed by atoms with E-state index in [-0.39, 0.29) is 12.5 Å². The summed E-state index contributed by atoms with van der Waals surface area (Å²) >= 11 is 5.79. The van der Waals surface area contributed by atoms with Crippen LogP contribution < -0.4 is 10.1 Å². The lowest BCUT2D eigenvalue weighted by Crippen LogP contribution is -2.30. The van der Waals surface area contributed by atoms with Crippen molar-refractivity contribution < 1.29 is 9.53 Å². The van der Waals surface area contributed by atoms with E-state index < -0.39 is 0 Å². The van der Waals surface area contributed by atoms with Gasteiger partial charge in [-0.1, -0.05) is 17.7 Å². The monoisotopic (exact) mass is 329 g/mol. The fourth-order valence-corrected chi connectivity index (χ4v) is 2.34. The fourth-order valence-electron chi connectivity index (χ4n) is 2.22. The van der Waals surface area contributed by atoms with Crippen LogP contribution in [0.15, 0.2) is 48.8 Å². The van der Waals surface area contributed by atoms with Crippen LogP contribution in [0.5, 0.6) is 5.75 Å². The molecule has 0 spiro atoms. The highest BCUT2D eigenvalue weighted by atomic mass is 35.5. The smallest absolute Gasteiger partial charge is 0.257 e. The number of aromatic amines is 1. The third-order valence-electron chi connectivity index (χ3n) is 3.40. The van der Waals surface area contributed by atoms with Crippen molar-refractivity contribution in [3.8, 4) is 5.75 Å². The van der Waals surface area contributed by atoms with Crippen molar-refractivity contribution >= 4 is 28.5 Å². The lowest BCUT2D eigenvalue weighted by atomic mass is 10.1. The zero-order valence-corrected chi connectivity index (χ0v) is 13.1. The molecule has 3 aromatic rings. The van der Waals surface area contributed by atoms with E-state index in [1.165, 1.54) is 0 Å². The summed E-state index contributed by atoms with van der Waals surface area (Å²) in [5.41, 5.74) is 3.08. The van der Waals surface area contributed by atoms with Gasteiger partial charge in [0.2, 0.25) is 0 Å². The number of imidazole rings is 1. The Bertz CT molecular complexity index is 799. The number of nitrogens with zero attached hydrogens (tertiary/aromatic N) is 1. The summed E-state index contributed by atoms with van der Waals surface area (Å²) in [6.45, 7) is 0.545. The van der Waals surface area contributed by atoms with Crippen molar-refractivity contribution in [2.75, 3.05) is 13.2 Å². The van der Waals surface area contributed by atoms with Crippen LogP contribution in [-0.2, 0) is 11.2 Å². The maximum absolute atomic E-state index is 11.8. The van der Waals surface area contributed by atoms with Crippen LogP contribution in [-0.4, -0.2) is 29.0 Å². The predicted molar refractivity (Wildman–Crippen MR) is 89.8 cm³/mol. The molecule has 0 aliphatic heterocycles. The number of carbonyl (C=O) groups is 1. The number of halogens is 1. The van der Waals surface area contributed by atoms with Gasteiger partial charge in [0.25, 0.3) is 5.91 Å². The van der Waals surface area contributed by atoms with Crippen molar-refractivity contribution in [1.82, 2.24) is 15.3 Å². The first-order valence-electron chi connectivity index (χ1n) is 7.28. The molecule has 0 aliphatic rings. The molecule has 6 heteroatoms. The van der Waals surface area contributed by atoms with Crippen LogP contribution in [0.3, 0.4) is 0 Å². The summed E-state index contributed by atoms with van der Waals surface area (Å²) in [6, 6.07) is 12.9. The summed E-state index contributed by atoms with van der Waals surface area (Å²) in [5.74, 6) is 0.469. The van der Waals surface area contributed by atoms with Gasteiger partial charge in [0.05, 0.1) is 17.4 Å². The molecule has 3 rings (SSSR count). The highest BCUT2D eigenvalue weighted by molar-refractivity contribution is 6.30. The van der Waals surface area contributed by atoms with E-state index in [2.05, 4.69) is 15.3 Å². The van der Waals surface area contributed by atoms with Crippen LogP contribution in [0.4, 0.5) is 0 Å². The van der Waals surface area contributed by atoms with Crippen molar-refractivity contribution in [1.29, 1.82) is 0 Å². The zero-order chi connectivity index (χ0) is 16.1. The molecule has 0 saturated carbocycles. The van der Waals surface area contributed by atoms with Gasteiger partial charge in [-0.2, -0.15) is 0 Å². The van der Waals surface area contributed by atoms with Gasteiger partial charge >= 0.3 is 0 Å². The average molecular weight is 330 g/mol. The Kier molecular flexibility index (Phi) is 4.78. The minimum absolute atomic E-state index is 0.0127. The molecule has 0 radical (unpaired) electrons. The molecule has 5 nitrogen and oxygen atoms in total. The van der Waals surface area contributed by atoms with E-state index in [1.807, 2.05) is 18.2 Å². The SMILES string of the molecule is O=C(COc1ccc(Cl)cc1)NCCc1ccc2nc[nH]c2c1. The lowest BCUT2D eigenvalue weighted by Gasteiger charge is -2.07. The molecule has 0 aliphatic carbocycles. The number of aromatic nitrogens is 2. The highest BCUT2D eigenvalue weighted by Crippen LogP contribution is 2.15. The maximum Gasteiger partial charge on any atom is 0.257 e. The van der Waals surface area contributed by atoms with Gasteiger partial charge in [-0.05, 0) is 48.4 Å². The van der Waals surface area contributed by atoms with Crippen LogP contribution in [0.25, 0.3) is 11.0 Å². The lowest BCUT2D eigenvalue weighted by molar-refractivity contribution is -0.123. The molecule has 23 heavy (non-hydrogen) atoms. The van der Waals surface area contributed by atoms with Gasteiger partial charge in [-0.3, -0.25) is 4.79 Å². The number of carbonyl (C=O) groups excluding carboxylic acids is 1. The van der Waals surface area contributed by atoms with Gasteiger partial charge in [0.1, 0.15) is 5.75 Å². The minimum Gasteiger partial charge on any atom is -0.484 e. The van der Waals surface area contributed by atoms with E-state index in [0.29, 0.717) is 17.3 Å². The molecule has 2 aromatic carbocycles. The van der Waals surface area contributed by atoms with Crippen LogP contribution >= 0.6 is 11.6 Å². The Morgan fingerprint density at radius 3 is 2.87 bits per heavy atom. The predicted octanol–water partition coefficient (Wildman–Crippen LogP) is 2.95. The molecule has 1 amide bonds. The average Bonchev–Trinajstić information content (AvgIpc) is 3.02. The normalized spacial score (nSPS) is 10.7. The molecular formula is C17H16ClN3O2. The summed E-state index contributed by atoms with van der Waals surface area (Å²) in [4.78, 5) is 19.0. The van der Waals surface area contributed by atoms with Gasteiger partial charge in [0, 0.05) is 11.6 Å². The van der Waals surface area contributed by atoms with Crippen LogP contribution in [0, 0.1) is 0 Å². The second kappa shape index (κ2) is 7.15. The topological polar surface area (TPSA) is 67.0 Å². The van der Waals surface area contributed by atoms with E-state index >= 15 is 0 Å². The zero-order valence-electron chi connectivity index (χ0n) is 12.4. The van der Waals surface area contributed by atoms with Crippen LogP contribution in [0.2, 0.25) is 5.02 Å². The quantitative estimate of drug-likeness (QED) is 0.730. The van der Waals surface area contributed by atoms with Crippen molar-refractivity contribution in [2.24, 2.45) is 0 Å². The summed E-state index contributed by atoms with van der Waals surface area (Å²) in [6.07, 6.45) is 2.42. The number of nitrogens with one attached hydrogen (secondary N) is 2. The van der Waals surface area contributed by atoms with Crippen LogP contribution in [0.1, 0.15) is 5.56 Å². The number of fused-ring (bicyclic) bond motifs is 1. The Morgan fingerprint density at radius 1 is 1.22 bits per heavy atom. The first kappa shape index (κ1) is 15.4. The number of hydrogen-bond donors (Lipinski definition) is 2. The number of H-pyrrole nitrogens is 1. The molecule has 0 bridgehead atoms. The minimum atomic E-state index is -0.150. The van der Waals surface area contributed by atoms with Gasteiger partial charge in [-0.15, -0.1) is 0 Å². The van der Waals surface area contributed by atoms with E-state index in [1.54, 1.807) is 30.6 Å². The van der Waals surface area contributed by atoms with E-state index in [9.17, 15) is 4.79 Å². The first-order chi connectivity index (χ1) is 11.2. The molecule has 2 N–H and O–H groups in total. The molecule has 0 unspecified atom stereocenters. The molecular weight excluding hydrogens is 314 g/mol. The number of rotatable bonds is 6. The molecule has 1 aromatic heterocycles. The third kappa shape index (κ3) is 4.23. The molecule has 118 valence electrons. The van der Waals surface area contributed by atoms with E-state index in [0.717, 1.165) is 23.0 Å². The number of hydrogen-bond acceptors (Lipinski definition) is 3. The fraction of sp³-hybridized carbons (Fsp3) is 0.176. The van der Waals surface area contributed by atoms with Crippen molar-refractivity contribution in [3.63, 3.8) is 0 Å². The second-order valence-corrected chi connectivity index (χ2v) is 5.53. The third-order valence-corrected chi connectivity index (χ3v) is 3.66. The Balaban J connectivity index is 1.42. The van der Waals surface area contributed by atoms with Gasteiger partial charge in [0.15, 0.2) is 6.61 Å².